The second-order valence-corrected chi connectivity index (χ2v) is 4.42. The van der Waals surface area contributed by atoms with E-state index in [0.717, 1.165) is 6.42 Å². The average molecular weight is 263 g/mol. The van der Waals surface area contributed by atoms with Gasteiger partial charge in [-0.2, -0.15) is 4.98 Å². The molecule has 0 fully saturated rings. The van der Waals surface area contributed by atoms with E-state index in [9.17, 15) is 4.39 Å². The zero-order chi connectivity index (χ0) is 13.7. The van der Waals surface area contributed by atoms with Crippen molar-refractivity contribution in [1.82, 2.24) is 15.5 Å². The topological polar surface area (TPSA) is 51.0 Å². The maximum absolute atomic E-state index is 13.7. The van der Waals surface area contributed by atoms with E-state index in [0.29, 0.717) is 30.2 Å². The van der Waals surface area contributed by atoms with Gasteiger partial charge < -0.3 is 9.84 Å². The fourth-order valence-corrected chi connectivity index (χ4v) is 2.03. The minimum absolute atomic E-state index is 0.00852. The van der Waals surface area contributed by atoms with Crippen molar-refractivity contribution in [1.29, 1.82) is 0 Å². The highest BCUT2D eigenvalue weighted by Gasteiger charge is 2.13. The first-order valence-electron chi connectivity index (χ1n) is 6.47. The van der Waals surface area contributed by atoms with Gasteiger partial charge in [0.25, 0.3) is 0 Å². The molecule has 0 saturated carbocycles. The van der Waals surface area contributed by atoms with Gasteiger partial charge in [-0.1, -0.05) is 30.3 Å². The van der Waals surface area contributed by atoms with Crippen LogP contribution in [0.3, 0.4) is 0 Å². The second-order valence-electron chi connectivity index (χ2n) is 4.42. The summed E-state index contributed by atoms with van der Waals surface area (Å²) in [6, 6.07) is 6.87. The van der Waals surface area contributed by atoms with Crippen LogP contribution in [0.5, 0.6) is 0 Å². The third-order valence-corrected chi connectivity index (χ3v) is 3.00. The minimum Gasteiger partial charge on any atom is -0.340 e. The van der Waals surface area contributed by atoms with Gasteiger partial charge in [0.1, 0.15) is 5.82 Å². The molecule has 1 N–H and O–H groups in total. The van der Waals surface area contributed by atoms with Crippen molar-refractivity contribution in [3.05, 3.63) is 47.4 Å². The van der Waals surface area contributed by atoms with Crippen molar-refractivity contribution >= 4 is 0 Å². The number of hydrogen-bond donors (Lipinski definition) is 1. The van der Waals surface area contributed by atoms with Crippen LogP contribution in [0.2, 0.25) is 0 Å². The van der Waals surface area contributed by atoms with Gasteiger partial charge in [0.2, 0.25) is 5.89 Å². The molecule has 1 aromatic carbocycles. The fourth-order valence-electron chi connectivity index (χ4n) is 2.03. The number of nitrogens with one attached hydrogen (secondary N) is 1. The summed E-state index contributed by atoms with van der Waals surface area (Å²) >= 11 is 0. The SMILES string of the molecule is CCC(NCCc1noc(C)n1)c1ccccc1F. The van der Waals surface area contributed by atoms with Crippen molar-refractivity contribution in [3.63, 3.8) is 0 Å². The Kier molecular flexibility index (Phi) is 4.63. The lowest BCUT2D eigenvalue weighted by atomic mass is 10.0. The molecule has 102 valence electrons. The quantitative estimate of drug-likeness (QED) is 0.870. The summed E-state index contributed by atoms with van der Waals surface area (Å²) in [5.41, 5.74) is 0.703. The van der Waals surface area contributed by atoms with Gasteiger partial charge in [-0.05, 0) is 12.5 Å². The van der Waals surface area contributed by atoms with Crippen molar-refractivity contribution in [2.75, 3.05) is 6.54 Å². The summed E-state index contributed by atoms with van der Waals surface area (Å²) in [5, 5.41) is 7.15. The van der Waals surface area contributed by atoms with Crippen LogP contribution in [-0.4, -0.2) is 16.7 Å². The van der Waals surface area contributed by atoms with Crippen molar-refractivity contribution in [2.45, 2.75) is 32.7 Å². The van der Waals surface area contributed by atoms with E-state index in [1.54, 1.807) is 13.0 Å². The highest BCUT2D eigenvalue weighted by atomic mass is 19.1. The largest absolute Gasteiger partial charge is 0.340 e. The standard InChI is InChI=1S/C14H18FN3O/c1-3-13(11-6-4-5-7-12(11)15)16-9-8-14-17-10(2)19-18-14/h4-7,13,16H,3,8-9H2,1-2H3. The molecule has 1 aromatic heterocycles. The lowest BCUT2D eigenvalue weighted by Crippen LogP contribution is -2.24. The number of nitrogens with zero attached hydrogens (tertiary/aromatic N) is 2. The molecule has 2 aromatic rings. The summed E-state index contributed by atoms with van der Waals surface area (Å²) in [7, 11) is 0. The number of rotatable bonds is 6. The van der Waals surface area contributed by atoms with Crippen LogP contribution in [0.4, 0.5) is 4.39 Å². The number of hydrogen-bond acceptors (Lipinski definition) is 4. The smallest absolute Gasteiger partial charge is 0.223 e. The molecule has 19 heavy (non-hydrogen) atoms. The lowest BCUT2D eigenvalue weighted by Gasteiger charge is -2.17. The Morgan fingerprint density at radius 2 is 2.16 bits per heavy atom. The van der Waals surface area contributed by atoms with Crippen molar-refractivity contribution in [2.24, 2.45) is 0 Å². The van der Waals surface area contributed by atoms with Gasteiger partial charge in [-0.25, -0.2) is 4.39 Å². The minimum atomic E-state index is -0.169. The fraction of sp³-hybridized carbons (Fsp3) is 0.429. The Bertz CT molecular complexity index is 527. The average Bonchev–Trinajstić information content (AvgIpc) is 2.82. The number of aromatic nitrogens is 2. The van der Waals surface area contributed by atoms with Crippen LogP contribution in [0, 0.1) is 12.7 Å². The molecular formula is C14H18FN3O. The number of benzene rings is 1. The lowest BCUT2D eigenvalue weighted by molar-refractivity contribution is 0.386. The van der Waals surface area contributed by atoms with Crippen LogP contribution >= 0.6 is 0 Å². The van der Waals surface area contributed by atoms with Crippen molar-refractivity contribution < 1.29 is 8.91 Å². The summed E-state index contributed by atoms with van der Waals surface area (Å²) in [6.45, 7) is 4.48. The first-order chi connectivity index (χ1) is 9.20. The van der Waals surface area contributed by atoms with E-state index >= 15 is 0 Å². The van der Waals surface area contributed by atoms with E-state index in [4.69, 9.17) is 4.52 Å². The third-order valence-electron chi connectivity index (χ3n) is 3.00. The predicted molar refractivity (Wildman–Crippen MR) is 70.2 cm³/mol. The molecule has 0 radical (unpaired) electrons. The Balaban J connectivity index is 1.91. The van der Waals surface area contributed by atoms with Gasteiger partial charge in [0.05, 0.1) is 0 Å². The van der Waals surface area contributed by atoms with Gasteiger partial charge in [-0.15, -0.1) is 0 Å². The molecule has 0 aliphatic carbocycles. The first kappa shape index (κ1) is 13.7. The molecule has 5 heteroatoms. The Labute approximate surface area is 112 Å². The molecule has 0 aliphatic rings. The van der Waals surface area contributed by atoms with Crippen molar-refractivity contribution in [3.8, 4) is 0 Å². The van der Waals surface area contributed by atoms with Crippen LogP contribution in [0.1, 0.15) is 36.7 Å². The zero-order valence-electron chi connectivity index (χ0n) is 11.2. The molecule has 1 atom stereocenters. The van der Waals surface area contributed by atoms with Gasteiger partial charge in [-0.3, -0.25) is 0 Å². The van der Waals surface area contributed by atoms with Crippen LogP contribution in [-0.2, 0) is 6.42 Å². The van der Waals surface area contributed by atoms with E-state index in [1.807, 2.05) is 19.1 Å². The highest BCUT2D eigenvalue weighted by molar-refractivity contribution is 5.21. The molecule has 2 rings (SSSR count). The number of aryl methyl sites for hydroxylation is 1. The molecule has 0 spiro atoms. The van der Waals surface area contributed by atoms with E-state index in [1.165, 1.54) is 6.07 Å². The summed E-state index contributed by atoms with van der Waals surface area (Å²) < 4.78 is 18.6. The Morgan fingerprint density at radius 1 is 1.37 bits per heavy atom. The Hall–Kier alpha value is -1.75. The third kappa shape index (κ3) is 3.61. The molecule has 0 bridgehead atoms. The van der Waals surface area contributed by atoms with Gasteiger partial charge >= 0.3 is 0 Å². The van der Waals surface area contributed by atoms with E-state index in [-0.39, 0.29) is 11.9 Å². The molecule has 1 unspecified atom stereocenters. The highest BCUT2D eigenvalue weighted by Crippen LogP contribution is 2.19. The van der Waals surface area contributed by atoms with E-state index in [2.05, 4.69) is 15.5 Å². The molecule has 0 aliphatic heterocycles. The second kappa shape index (κ2) is 6.43. The summed E-state index contributed by atoms with van der Waals surface area (Å²) in [6.07, 6.45) is 1.49. The maximum Gasteiger partial charge on any atom is 0.223 e. The van der Waals surface area contributed by atoms with Crippen LogP contribution < -0.4 is 5.32 Å². The van der Waals surface area contributed by atoms with Gasteiger partial charge in [0, 0.05) is 31.5 Å². The molecule has 0 saturated heterocycles. The maximum atomic E-state index is 13.7. The van der Waals surface area contributed by atoms with E-state index < -0.39 is 0 Å². The number of halogens is 1. The van der Waals surface area contributed by atoms with Crippen LogP contribution in [0.15, 0.2) is 28.8 Å². The zero-order valence-corrected chi connectivity index (χ0v) is 11.2. The molecule has 1 heterocycles. The monoisotopic (exact) mass is 263 g/mol. The molecule has 0 amide bonds. The summed E-state index contributed by atoms with van der Waals surface area (Å²) in [4.78, 5) is 4.13. The first-order valence-corrected chi connectivity index (χ1v) is 6.47. The molecule has 4 nitrogen and oxygen atoms in total. The van der Waals surface area contributed by atoms with Gasteiger partial charge in [0.15, 0.2) is 5.82 Å². The van der Waals surface area contributed by atoms with Crippen LogP contribution in [0.25, 0.3) is 0 Å². The Morgan fingerprint density at radius 3 is 2.79 bits per heavy atom. The molecular weight excluding hydrogens is 245 g/mol. The predicted octanol–water partition coefficient (Wildman–Crippen LogP) is 2.80. The normalized spacial score (nSPS) is 12.6. The summed E-state index contributed by atoms with van der Waals surface area (Å²) in [5.74, 6) is 1.07.